The van der Waals surface area contributed by atoms with Crippen LogP contribution in [0, 0.1) is 0 Å². The Morgan fingerprint density at radius 3 is 2.33 bits per heavy atom. The molecule has 1 saturated heterocycles. The second-order valence-electron chi connectivity index (χ2n) is 5.80. The van der Waals surface area contributed by atoms with Crippen molar-refractivity contribution < 1.29 is 44.9 Å². The van der Waals surface area contributed by atoms with E-state index in [-0.39, 0.29) is 13.0 Å². The van der Waals surface area contributed by atoms with Gasteiger partial charge in [0.05, 0.1) is 25.4 Å². The molecule has 1 heterocycles. The number of aliphatic hydroxyl groups excluding tert-OH is 6. The SMILES string of the molecule is CC[C@@H](O)[C@@H](O)[C@H](COC1OC(CO)C(O)C(O)[C@@H]1O)NC(C)=O. The van der Waals surface area contributed by atoms with E-state index < -0.39 is 61.5 Å². The van der Waals surface area contributed by atoms with Crippen molar-refractivity contribution in [2.24, 2.45) is 0 Å². The molecular formula is C14H27NO9. The van der Waals surface area contributed by atoms with Crippen molar-refractivity contribution >= 4 is 5.91 Å². The maximum absolute atomic E-state index is 11.2. The number of nitrogens with one attached hydrogen (secondary N) is 1. The highest BCUT2D eigenvalue weighted by atomic mass is 16.7. The largest absolute Gasteiger partial charge is 0.394 e. The molecule has 10 nitrogen and oxygen atoms in total. The molecule has 142 valence electrons. The first kappa shape index (κ1) is 21.2. The molecule has 0 aromatic carbocycles. The number of carbonyl (C=O) groups is 1. The van der Waals surface area contributed by atoms with Crippen LogP contribution in [-0.2, 0) is 14.3 Å². The van der Waals surface area contributed by atoms with E-state index in [9.17, 15) is 30.3 Å². The summed E-state index contributed by atoms with van der Waals surface area (Å²) in [5.74, 6) is -0.459. The summed E-state index contributed by atoms with van der Waals surface area (Å²) < 4.78 is 10.4. The molecule has 0 bridgehead atoms. The Balaban J connectivity index is 2.72. The van der Waals surface area contributed by atoms with Gasteiger partial charge in [-0.3, -0.25) is 4.79 Å². The van der Waals surface area contributed by atoms with Crippen molar-refractivity contribution in [1.29, 1.82) is 0 Å². The van der Waals surface area contributed by atoms with Crippen molar-refractivity contribution in [2.45, 2.75) is 69.2 Å². The van der Waals surface area contributed by atoms with Gasteiger partial charge in [0.15, 0.2) is 6.29 Å². The van der Waals surface area contributed by atoms with E-state index in [2.05, 4.69) is 5.32 Å². The van der Waals surface area contributed by atoms with Gasteiger partial charge in [0.2, 0.25) is 5.91 Å². The van der Waals surface area contributed by atoms with E-state index in [0.717, 1.165) is 0 Å². The zero-order valence-corrected chi connectivity index (χ0v) is 13.6. The van der Waals surface area contributed by atoms with E-state index >= 15 is 0 Å². The summed E-state index contributed by atoms with van der Waals surface area (Å²) in [7, 11) is 0. The fraction of sp³-hybridized carbons (Fsp3) is 0.929. The molecule has 0 saturated carbocycles. The average Bonchev–Trinajstić information content (AvgIpc) is 2.56. The third-order valence-electron chi connectivity index (χ3n) is 3.90. The van der Waals surface area contributed by atoms with Gasteiger partial charge in [0.25, 0.3) is 0 Å². The Morgan fingerprint density at radius 2 is 1.83 bits per heavy atom. The van der Waals surface area contributed by atoms with Crippen molar-refractivity contribution in [2.75, 3.05) is 13.2 Å². The maximum Gasteiger partial charge on any atom is 0.217 e. The molecule has 7 N–H and O–H groups in total. The third-order valence-corrected chi connectivity index (χ3v) is 3.90. The van der Waals surface area contributed by atoms with Gasteiger partial charge in [-0.1, -0.05) is 6.92 Å². The molecule has 0 aromatic heterocycles. The minimum Gasteiger partial charge on any atom is -0.394 e. The fourth-order valence-corrected chi connectivity index (χ4v) is 2.40. The average molecular weight is 353 g/mol. The van der Waals surface area contributed by atoms with Gasteiger partial charge in [-0.2, -0.15) is 0 Å². The Hall–Kier alpha value is -0.850. The second-order valence-corrected chi connectivity index (χ2v) is 5.80. The number of rotatable bonds is 8. The van der Waals surface area contributed by atoms with Crippen LogP contribution in [0.2, 0.25) is 0 Å². The van der Waals surface area contributed by atoms with Crippen LogP contribution in [-0.4, -0.2) is 98.7 Å². The zero-order chi connectivity index (χ0) is 18.4. The van der Waals surface area contributed by atoms with Crippen LogP contribution in [0.5, 0.6) is 0 Å². The lowest BCUT2D eigenvalue weighted by molar-refractivity contribution is -0.303. The monoisotopic (exact) mass is 353 g/mol. The molecular weight excluding hydrogens is 326 g/mol. The van der Waals surface area contributed by atoms with Crippen molar-refractivity contribution in [1.82, 2.24) is 5.32 Å². The smallest absolute Gasteiger partial charge is 0.217 e. The highest BCUT2D eigenvalue weighted by molar-refractivity contribution is 5.73. The van der Waals surface area contributed by atoms with Gasteiger partial charge in [-0.25, -0.2) is 0 Å². The van der Waals surface area contributed by atoms with Gasteiger partial charge in [-0.05, 0) is 6.42 Å². The summed E-state index contributed by atoms with van der Waals surface area (Å²) >= 11 is 0. The molecule has 8 atom stereocenters. The number of hydrogen-bond acceptors (Lipinski definition) is 9. The minimum atomic E-state index is -1.59. The Bertz CT molecular complexity index is 394. The number of hydrogen-bond donors (Lipinski definition) is 7. The van der Waals surface area contributed by atoms with Crippen LogP contribution in [0.25, 0.3) is 0 Å². The summed E-state index contributed by atoms with van der Waals surface area (Å²) in [6.07, 6.45) is -9.37. The van der Waals surface area contributed by atoms with Gasteiger partial charge < -0.3 is 45.4 Å². The first-order valence-electron chi connectivity index (χ1n) is 7.78. The van der Waals surface area contributed by atoms with Crippen LogP contribution in [0.3, 0.4) is 0 Å². The van der Waals surface area contributed by atoms with E-state index in [1.165, 1.54) is 6.92 Å². The Labute approximate surface area is 139 Å². The molecule has 1 rings (SSSR count). The fourth-order valence-electron chi connectivity index (χ4n) is 2.40. The van der Waals surface area contributed by atoms with E-state index in [0.29, 0.717) is 0 Å². The molecule has 0 aliphatic carbocycles. The molecule has 1 aliphatic heterocycles. The van der Waals surface area contributed by atoms with Gasteiger partial charge >= 0.3 is 0 Å². The lowest BCUT2D eigenvalue weighted by Gasteiger charge is -2.40. The molecule has 24 heavy (non-hydrogen) atoms. The predicted octanol–water partition coefficient (Wildman–Crippen LogP) is -3.56. The lowest BCUT2D eigenvalue weighted by atomic mass is 9.99. The quantitative estimate of drug-likeness (QED) is 0.233. The van der Waals surface area contributed by atoms with Crippen LogP contribution >= 0.6 is 0 Å². The number of amides is 1. The number of aliphatic hydroxyl groups is 6. The van der Waals surface area contributed by atoms with Crippen LogP contribution < -0.4 is 5.32 Å². The van der Waals surface area contributed by atoms with Crippen LogP contribution in [0.15, 0.2) is 0 Å². The third kappa shape index (κ3) is 5.33. The molecule has 1 aliphatic rings. The van der Waals surface area contributed by atoms with Crippen LogP contribution in [0.1, 0.15) is 20.3 Å². The summed E-state index contributed by atoms with van der Waals surface area (Å²) in [6.45, 7) is 1.95. The Morgan fingerprint density at radius 1 is 1.21 bits per heavy atom. The molecule has 1 fully saturated rings. The molecule has 0 aromatic rings. The molecule has 1 amide bonds. The predicted molar refractivity (Wildman–Crippen MR) is 79.6 cm³/mol. The van der Waals surface area contributed by atoms with E-state index in [1.807, 2.05) is 0 Å². The normalized spacial score (nSPS) is 34.4. The first-order valence-corrected chi connectivity index (χ1v) is 7.78. The molecule has 10 heteroatoms. The summed E-state index contributed by atoms with van der Waals surface area (Å²) in [4.78, 5) is 11.2. The zero-order valence-electron chi connectivity index (χ0n) is 13.6. The molecule has 0 spiro atoms. The van der Waals surface area contributed by atoms with Gasteiger partial charge in [0, 0.05) is 6.92 Å². The van der Waals surface area contributed by atoms with Crippen molar-refractivity contribution in [3.8, 4) is 0 Å². The summed E-state index contributed by atoms with van der Waals surface area (Å²) in [5.41, 5.74) is 0. The second kappa shape index (κ2) is 9.59. The van der Waals surface area contributed by atoms with Crippen molar-refractivity contribution in [3.63, 3.8) is 0 Å². The summed E-state index contributed by atoms with van der Waals surface area (Å²) in [6, 6.07) is -0.982. The topological polar surface area (TPSA) is 169 Å². The number of ether oxygens (including phenoxy) is 2. The number of carbonyl (C=O) groups excluding carboxylic acids is 1. The molecule has 4 unspecified atom stereocenters. The van der Waals surface area contributed by atoms with E-state index in [4.69, 9.17) is 14.6 Å². The first-order chi connectivity index (χ1) is 11.2. The Kier molecular flexibility index (Phi) is 8.46. The standard InChI is InChI=1S/C14H27NO9/c1-3-8(18)10(19)7(15-6(2)17)5-23-14-13(22)12(21)11(20)9(4-16)24-14/h7-14,16,18-22H,3-5H2,1-2H3,(H,15,17)/t7-,8+,9?,10-,11?,12?,13-,14?/m0/s1. The molecule has 0 radical (unpaired) electrons. The van der Waals surface area contributed by atoms with Gasteiger partial charge in [0.1, 0.15) is 30.5 Å². The van der Waals surface area contributed by atoms with E-state index in [1.54, 1.807) is 6.92 Å². The highest BCUT2D eigenvalue weighted by Crippen LogP contribution is 2.22. The minimum absolute atomic E-state index is 0.247. The summed E-state index contributed by atoms with van der Waals surface area (Å²) in [5, 5.41) is 60.5. The highest BCUT2D eigenvalue weighted by Gasteiger charge is 2.44. The lowest BCUT2D eigenvalue weighted by Crippen LogP contribution is -2.60. The van der Waals surface area contributed by atoms with Gasteiger partial charge in [-0.15, -0.1) is 0 Å². The van der Waals surface area contributed by atoms with Crippen molar-refractivity contribution in [3.05, 3.63) is 0 Å². The van der Waals surface area contributed by atoms with Crippen LogP contribution in [0.4, 0.5) is 0 Å². The maximum atomic E-state index is 11.2.